The van der Waals surface area contributed by atoms with Gasteiger partial charge in [-0.15, -0.1) is 0 Å². The molecule has 1 aromatic carbocycles. The number of anilines is 1. The van der Waals surface area contributed by atoms with Crippen LogP contribution in [0.2, 0.25) is 5.02 Å². The van der Waals surface area contributed by atoms with Crippen LogP contribution in [0.25, 0.3) is 0 Å². The number of hydrogen-bond donors (Lipinski definition) is 1. The molecule has 0 unspecified atom stereocenters. The molecule has 118 valence electrons. The predicted octanol–water partition coefficient (Wildman–Crippen LogP) is 3.42. The van der Waals surface area contributed by atoms with Gasteiger partial charge in [-0.3, -0.25) is 9.59 Å². The lowest BCUT2D eigenvalue weighted by atomic mass is 9.88. The van der Waals surface area contributed by atoms with Crippen LogP contribution in [-0.4, -0.2) is 30.8 Å². The Morgan fingerprint density at radius 3 is 2.59 bits per heavy atom. The Balaban J connectivity index is 1.75. The van der Waals surface area contributed by atoms with Gasteiger partial charge >= 0.3 is 0 Å². The van der Waals surface area contributed by atoms with Gasteiger partial charge in [-0.1, -0.05) is 18.0 Å². The minimum Gasteiger partial charge on any atom is -0.345 e. The lowest BCUT2D eigenvalue weighted by Gasteiger charge is -2.21. The Labute approximate surface area is 135 Å². The van der Waals surface area contributed by atoms with Crippen molar-refractivity contribution in [1.29, 1.82) is 0 Å². The van der Waals surface area contributed by atoms with E-state index in [0.717, 1.165) is 18.8 Å². The highest BCUT2D eigenvalue weighted by Gasteiger charge is 2.43. The normalized spacial score (nSPS) is 26.0. The molecule has 22 heavy (non-hydrogen) atoms. The summed E-state index contributed by atoms with van der Waals surface area (Å²) in [7, 11) is 3.40. The zero-order valence-corrected chi connectivity index (χ0v) is 13.7. The molecular weight excluding hydrogens is 300 g/mol. The molecule has 1 aromatic rings. The molecule has 4 nitrogen and oxygen atoms in total. The molecule has 5 heteroatoms. The summed E-state index contributed by atoms with van der Waals surface area (Å²) in [6, 6.07) is 5.00. The van der Waals surface area contributed by atoms with E-state index >= 15 is 0 Å². The molecule has 0 heterocycles. The first-order valence-corrected chi connectivity index (χ1v) is 8.15. The average molecular weight is 321 g/mol. The quantitative estimate of drug-likeness (QED) is 0.927. The van der Waals surface area contributed by atoms with Crippen molar-refractivity contribution in [1.82, 2.24) is 4.90 Å². The molecular formula is C17H21ClN2O2. The lowest BCUT2D eigenvalue weighted by molar-refractivity contribution is -0.121. The van der Waals surface area contributed by atoms with Crippen LogP contribution < -0.4 is 5.32 Å². The molecule has 2 bridgehead atoms. The maximum Gasteiger partial charge on any atom is 0.253 e. The lowest BCUT2D eigenvalue weighted by Crippen LogP contribution is -2.27. The molecule has 2 amide bonds. The van der Waals surface area contributed by atoms with Gasteiger partial charge in [0.15, 0.2) is 0 Å². The maximum atomic E-state index is 12.5. The van der Waals surface area contributed by atoms with Crippen molar-refractivity contribution < 1.29 is 9.59 Å². The second-order valence-electron chi connectivity index (χ2n) is 6.66. The van der Waals surface area contributed by atoms with Gasteiger partial charge in [0.2, 0.25) is 5.91 Å². The van der Waals surface area contributed by atoms with Crippen LogP contribution in [-0.2, 0) is 4.79 Å². The van der Waals surface area contributed by atoms with Crippen LogP contribution in [0.1, 0.15) is 36.0 Å². The van der Waals surface area contributed by atoms with Gasteiger partial charge in [0, 0.05) is 25.6 Å². The second kappa shape index (κ2) is 5.92. The Morgan fingerprint density at radius 1 is 1.23 bits per heavy atom. The van der Waals surface area contributed by atoms with Crippen molar-refractivity contribution in [2.45, 2.75) is 25.7 Å². The largest absolute Gasteiger partial charge is 0.345 e. The van der Waals surface area contributed by atoms with Gasteiger partial charge < -0.3 is 10.2 Å². The number of nitrogens with zero attached hydrogens (tertiary/aromatic N) is 1. The molecule has 0 radical (unpaired) electrons. The summed E-state index contributed by atoms with van der Waals surface area (Å²) in [5.74, 6) is 1.28. The summed E-state index contributed by atoms with van der Waals surface area (Å²) < 4.78 is 0. The van der Waals surface area contributed by atoms with E-state index in [9.17, 15) is 9.59 Å². The average Bonchev–Trinajstić information content (AvgIpc) is 3.11. The maximum absolute atomic E-state index is 12.5. The zero-order chi connectivity index (χ0) is 15.9. The molecule has 2 aliphatic carbocycles. The van der Waals surface area contributed by atoms with Crippen LogP contribution >= 0.6 is 11.6 Å². The van der Waals surface area contributed by atoms with Crippen LogP contribution in [0.4, 0.5) is 5.69 Å². The number of benzene rings is 1. The smallest absolute Gasteiger partial charge is 0.253 e. The molecule has 0 spiro atoms. The zero-order valence-electron chi connectivity index (χ0n) is 12.9. The van der Waals surface area contributed by atoms with Gasteiger partial charge in [0.25, 0.3) is 5.91 Å². The van der Waals surface area contributed by atoms with Gasteiger partial charge in [-0.05, 0) is 49.3 Å². The SMILES string of the molecule is CN(C)C(=O)c1ccc(Cl)c(NC(=O)[C@H]2C[C@H]3CC[C@H]2C3)c1. The highest BCUT2D eigenvalue weighted by atomic mass is 35.5. The molecule has 2 aliphatic rings. The summed E-state index contributed by atoms with van der Waals surface area (Å²) in [5.41, 5.74) is 1.06. The van der Waals surface area contributed by atoms with Gasteiger partial charge in [0.05, 0.1) is 10.7 Å². The standard InChI is InChI=1S/C17H21ClN2O2/c1-20(2)17(22)12-5-6-14(18)15(9-12)19-16(21)13-8-10-3-4-11(13)7-10/h5-6,9-11,13H,3-4,7-8H2,1-2H3,(H,19,21)/t10-,11-,13-/m0/s1. The fraction of sp³-hybridized carbons (Fsp3) is 0.529. The van der Waals surface area contributed by atoms with E-state index in [2.05, 4.69) is 5.32 Å². The Kier molecular flexibility index (Phi) is 4.13. The topological polar surface area (TPSA) is 49.4 Å². The van der Waals surface area contributed by atoms with E-state index in [0.29, 0.717) is 22.2 Å². The monoisotopic (exact) mass is 320 g/mol. The highest BCUT2D eigenvalue weighted by Crippen LogP contribution is 2.48. The number of fused-ring (bicyclic) bond motifs is 2. The fourth-order valence-corrected chi connectivity index (χ4v) is 3.97. The van der Waals surface area contributed by atoms with E-state index in [4.69, 9.17) is 11.6 Å². The van der Waals surface area contributed by atoms with Crippen LogP contribution in [0, 0.1) is 17.8 Å². The molecule has 0 aromatic heterocycles. The van der Waals surface area contributed by atoms with E-state index < -0.39 is 0 Å². The summed E-state index contributed by atoms with van der Waals surface area (Å²) >= 11 is 6.17. The van der Waals surface area contributed by atoms with E-state index in [1.54, 1.807) is 32.3 Å². The third-order valence-electron chi connectivity index (χ3n) is 4.95. The first kappa shape index (κ1) is 15.3. The minimum atomic E-state index is -0.105. The van der Waals surface area contributed by atoms with E-state index in [1.807, 2.05) is 0 Å². The number of rotatable bonds is 3. The first-order chi connectivity index (χ1) is 10.5. The molecule has 2 fully saturated rings. The van der Waals surface area contributed by atoms with Crippen molar-refractivity contribution >= 4 is 29.1 Å². The third-order valence-corrected chi connectivity index (χ3v) is 5.28. The third kappa shape index (κ3) is 2.84. The van der Waals surface area contributed by atoms with Crippen molar-refractivity contribution in [3.63, 3.8) is 0 Å². The molecule has 2 saturated carbocycles. The molecule has 0 aliphatic heterocycles. The minimum absolute atomic E-state index is 0.0450. The highest BCUT2D eigenvalue weighted by molar-refractivity contribution is 6.33. The van der Waals surface area contributed by atoms with Crippen LogP contribution in [0.5, 0.6) is 0 Å². The van der Waals surface area contributed by atoms with E-state index in [1.165, 1.54) is 17.7 Å². The van der Waals surface area contributed by atoms with Crippen molar-refractivity contribution in [3.8, 4) is 0 Å². The number of carbonyl (C=O) groups excluding carboxylic acids is 2. The molecule has 3 rings (SSSR count). The Morgan fingerprint density at radius 2 is 2.00 bits per heavy atom. The van der Waals surface area contributed by atoms with E-state index in [-0.39, 0.29) is 17.7 Å². The number of hydrogen-bond acceptors (Lipinski definition) is 2. The Bertz CT molecular complexity index is 615. The molecule has 3 atom stereocenters. The number of amides is 2. The summed E-state index contributed by atoms with van der Waals surface area (Å²) in [6.07, 6.45) is 4.60. The van der Waals surface area contributed by atoms with Crippen molar-refractivity contribution in [3.05, 3.63) is 28.8 Å². The number of nitrogens with one attached hydrogen (secondary N) is 1. The molecule has 1 N–H and O–H groups in total. The first-order valence-electron chi connectivity index (χ1n) is 7.77. The number of halogens is 1. The summed E-state index contributed by atoms with van der Waals surface area (Å²) in [5, 5.41) is 3.39. The summed E-state index contributed by atoms with van der Waals surface area (Å²) in [6.45, 7) is 0. The van der Waals surface area contributed by atoms with Crippen molar-refractivity contribution in [2.24, 2.45) is 17.8 Å². The number of carbonyl (C=O) groups is 2. The van der Waals surface area contributed by atoms with Gasteiger partial charge in [0.1, 0.15) is 0 Å². The predicted molar refractivity (Wildman–Crippen MR) is 87.0 cm³/mol. The fourth-order valence-electron chi connectivity index (χ4n) is 3.80. The van der Waals surface area contributed by atoms with Crippen LogP contribution in [0.3, 0.4) is 0 Å². The van der Waals surface area contributed by atoms with Gasteiger partial charge in [-0.25, -0.2) is 0 Å². The van der Waals surface area contributed by atoms with Gasteiger partial charge in [-0.2, -0.15) is 0 Å². The second-order valence-corrected chi connectivity index (χ2v) is 7.07. The van der Waals surface area contributed by atoms with Crippen LogP contribution in [0.15, 0.2) is 18.2 Å². The Hall–Kier alpha value is -1.55. The molecule has 0 saturated heterocycles. The van der Waals surface area contributed by atoms with Crippen molar-refractivity contribution in [2.75, 3.05) is 19.4 Å². The summed E-state index contributed by atoms with van der Waals surface area (Å²) in [4.78, 5) is 26.0.